The lowest BCUT2D eigenvalue weighted by Crippen LogP contribution is -2.58. The molecule has 5 heteroatoms. The van der Waals surface area contributed by atoms with Crippen LogP contribution in [0, 0.1) is 12.8 Å². The van der Waals surface area contributed by atoms with Crippen molar-refractivity contribution in [3.63, 3.8) is 0 Å². The highest BCUT2D eigenvalue weighted by atomic mass is 32.2. The summed E-state index contributed by atoms with van der Waals surface area (Å²) in [5, 5.41) is 0. The number of nitrogens with zero attached hydrogens (tertiary/aromatic N) is 1. The number of benzene rings is 2. The average Bonchev–Trinajstić information content (AvgIpc) is 2.61. The molecule has 0 saturated carbocycles. The molecule has 0 N–H and O–H groups in total. The summed E-state index contributed by atoms with van der Waals surface area (Å²) in [6.07, 6.45) is 2.03. The molecular weight excluding hydrogens is 358 g/mol. The van der Waals surface area contributed by atoms with Gasteiger partial charge in [0.25, 0.3) is 10.0 Å². The van der Waals surface area contributed by atoms with Gasteiger partial charge in [0, 0.05) is 11.5 Å². The summed E-state index contributed by atoms with van der Waals surface area (Å²) in [4.78, 5) is 0.333. The van der Waals surface area contributed by atoms with E-state index < -0.39 is 15.6 Å². The van der Waals surface area contributed by atoms with Crippen LogP contribution in [-0.2, 0) is 14.8 Å². The third-order valence-corrected chi connectivity index (χ3v) is 8.10. The molecule has 2 heterocycles. The van der Waals surface area contributed by atoms with Crippen LogP contribution in [0.4, 0.5) is 5.69 Å². The maximum absolute atomic E-state index is 13.7. The van der Waals surface area contributed by atoms with Crippen LogP contribution in [0.25, 0.3) is 0 Å². The molecule has 0 bridgehead atoms. The van der Waals surface area contributed by atoms with Crippen LogP contribution < -0.4 is 4.31 Å². The van der Waals surface area contributed by atoms with Crippen LogP contribution in [0.5, 0.6) is 0 Å². The van der Waals surface area contributed by atoms with Crippen molar-refractivity contribution < 1.29 is 13.2 Å². The molecule has 0 aliphatic carbocycles. The molecule has 0 spiro atoms. The second-order valence-corrected chi connectivity index (χ2v) is 10.1. The molecule has 1 fully saturated rings. The minimum absolute atomic E-state index is 0.0654. The third-order valence-electron chi connectivity index (χ3n) is 6.08. The van der Waals surface area contributed by atoms with E-state index in [9.17, 15) is 8.42 Å². The van der Waals surface area contributed by atoms with Gasteiger partial charge in [0.1, 0.15) is 0 Å². The van der Waals surface area contributed by atoms with Crippen LogP contribution >= 0.6 is 0 Å². The number of fused-ring (bicyclic) bond motifs is 3. The van der Waals surface area contributed by atoms with Gasteiger partial charge in [-0.2, -0.15) is 0 Å². The van der Waals surface area contributed by atoms with Gasteiger partial charge in [-0.15, -0.1) is 0 Å². The average molecular weight is 386 g/mol. The first kappa shape index (κ1) is 18.5. The van der Waals surface area contributed by atoms with Crippen molar-refractivity contribution in [2.45, 2.75) is 63.2 Å². The molecule has 0 aromatic heterocycles. The minimum Gasteiger partial charge on any atom is -0.370 e. The second kappa shape index (κ2) is 6.35. The maximum atomic E-state index is 13.7. The van der Waals surface area contributed by atoms with Gasteiger partial charge in [0.05, 0.1) is 28.3 Å². The van der Waals surface area contributed by atoms with Crippen LogP contribution in [-0.4, -0.2) is 20.1 Å². The van der Waals surface area contributed by atoms with E-state index in [1.54, 1.807) is 16.4 Å². The van der Waals surface area contributed by atoms with E-state index in [1.165, 1.54) is 0 Å². The van der Waals surface area contributed by atoms with Gasteiger partial charge in [-0.1, -0.05) is 35.9 Å². The van der Waals surface area contributed by atoms with Crippen molar-refractivity contribution in [1.29, 1.82) is 0 Å². The molecule has 2 aromatic carbocycles. The Bertz CT molecular complexity index is 950. The van der Waals surface area contributed by atoms with Crippen molar-refractivity contribution in [2.75, 3.05) is 4.31 Å². The van der Waals surface area contributed by atoms with Crippen molar-refractivity contribution in [3.8, 4) is 0 Å². The summed E-state index contributed by atoms with van der Waals surface area (Å²) in [5.41, 5.74) is 2.17. The predicted molar refractivity (Wildman–Crippen MR) is 107 cm³/mol. The Morgan fingerprint density at radius 3 is 2.41 bits per heavy atom. The molecule has 1 saturated heterocycles. The van der Waals surface area contributed by atoms with Crippen molar-refractivity contribution in [2.24, 2.45) is 5.92 Å². The number of hydrogen-bond donors (Lipinski definition) is 0. The number of ether oxygens (including phenoxy) is 1. The first-order valence-electron chi connectivity index (χ1n) is 9.59. The Hall–Kier alpha value is -1.85. The largest absolute Gasteiger partial charge is 0.370 e. The lowest BCUT2D eigenvalue weighted by atomic mass is 9.72. The van der Waals surface area contributed by atoms with E-state index in [0.717, 1.165) is 29.7 Å². The SMILES string of the molecule is Cc1ccc(S(=O)(=O)N2c3ccccc3[C@@H]3OC(C)CCC3C2(C)C)cc1. The van der Waals surface area contributed by atoms with Gasteiger partial charge in [0.2, 0.25) is 0 Å². The van der Waals surface area contributed by atoms with Crippen LogP contribution in [0.3, 0.4) is 0 Å². The Labute approximate surface area is 162 Å². The molecule has 144 valence electrons. The van der Waals surface area contributed by atoms with Gasteiger partial charge < -0.3 is 4.74 Å². The van der Waals surface area contributed by atoms with E-state index >= 15 is 0 Å². The summed E-state index contributed by atoms with van der Waals surface area (Å²) in [6, 6.07) is 14.9. The maximum Gasteiger partial charge on any atom is 0.264 e. The molecule has 0 radical (unpaired) electrons. The highest BCUT2D eigenvalue weighted by molar-refractivity contribution is 7.93. The summed E-state index contributed by atoms with van der Waals surface area (Å²) in [7, 11) is -3.69. The van der Waals surface area contributed by atoms with E-state index in [1.807, 2.05) is 57.2 Å². The van der Waals surface area contributed by atoms with E-state index in [0.29, 0.717) is 4.90 Å². The quantitative estimate of drug-likeness (QED) is 0.743. The van der Waals surface area contributed by atoms with Gasteiger partial charge in [-0.05, 0) is 58.7 Å². The summed E-state index contributed by atoms with van der Waals surface area (Å²) in [5.74, 6) is 0.115. The number of anilines is 1. The third kappa shape index (κ3) is 2.88. The Morgan fingerprint density at radius 1 is 1.04 bits per heavy atom. The number of hydrogen-bond acceptors (Lipinski definition) is 3. The molecule has 2 unspecified atom stereocenters. The van der Waals surface area contributed by atoms with Crippen molar-refractivity contribution in [1.82, 2.24) is 0 Å². The molecule has 4 rings (SSSR count). The van der Waals surface area contributed by atoms with Crippen molar-refractivity contribution >= 4 is 15.7 Å². The van der Waals surface area contributed by atoms with Crippen LogP contribution in [0.2, 0.25) is 0 Å². The number of sulfonamides is 1. The Balaban J connectivity index is 1.91. The van der Waals surface area contributed by atoms with Gasteiger partial charge in [0.15, 0.2) is 0 Å². The van der Waals surface area contributed by atoms with E-state index in [2.05, 4.69) is 6.92 Å². The predicted octanol–water partition coefficient (Wildman–Crippen LogP) is 4.84. The fourth-order valence-electron chi connectivity index (χ4n) is 4.62. The Morgan fingerprint density at radius 2 is 1.70 bits per heavy atom. The molecule has 2 aliphatic rings. The zero-order valence-corrected chi connectivity index (χ0v) is 17.2. The number of para-hydroxylation sites is 1. The molecule has 2 aliphatic heterocycles. The van der Waals surface area contributed by atoms with Gasteiger partial charge in [-0.3, -0.25) is 4.31 Å². The molecule has 3 atom stereocenters. The Kier molecular flexibility index (Phi) is 4.35. The minimum atomic E-state index is -3.69. The lowest BCUT2D eigenvalue weighted by Gasteiger charge is -2.54. The molecule has 27 heavy (non-hydrogen) atoms. The smallest absolute Gasteiger partial charge is 0.264 e. The standard InChI is InChI=1S/C22H27NO3S/c1-15-9-12-17(13-10-15)27(24,25)23-20-8-6-5-7-18(20)21-19(22(23,3)4)14-11-16(2)26-21/h5-10,12-13,16,19,21H,11,14H2,1-4H3/t16?,19?,21-/m0/s1. The second-order valence-electron chi connectivity index (χ2n) is 8.35. The monoisotopic (exact) mass is 385 g/mol. The van der Waals surface area contributed by atoms with E-state index in [4.69, 9.17) is 4.74 Å². The van der Waals surface area contributed by atoms with Crippen molar-refractivity contribution in [3.05, 3.63) is 59.7 Å². The molecule has 4 nitrogen and oxygen atoms in total. The highest BCUT2D eigenvalue weighted by Crippen LogP contribution is 2.53. The van der Waals surface area contributed by atoms with Crippen LogP contribution in [0.1, 0.15) is 50.8 Å². The number of aryl methyl sites for hydroxylation is 1. The normalized spacial score (nSPS) is 27.0. The number of rotatable bonds is 2. The molecular formula is C22H27NO3S. The molecule has 0 amide bonds. The fraction of sp³-hybridized carbons (Fsp3) is 0.455. The van der Waals surface area contributed by atoms with E-state index in [-0.39, 0.29) is 18.1 Å². The van der Waals surface area contributed by atoms with Gasteiger partial charge >= 0.3 is 0 Å². The fourth-order valence-corrected chi connectivity index (χ4v) is 6.49. The first-order chi connectivity index (χ1) is 12.7. The highest BCUT2D eigenvalue weighted by Gasteiger charge is 2.52. The zero-order chi connectivity index (χ0) is 19.4. The summed E-state index contributed by atoms with van der Waals surface area (Å²) >= 11 is 0. The van der Waals surface area contributed by atoms with Crippen LogP contribution in [0.15, 0.2) is 53.4 Å². The molecule has 2 aromatic rings. The first-order valence-corrected chi connectivity index (χ1v) is 11.0. The van der Waals surface area contributed by atoms with Gasteiger partial charge in [-0.25, -0.2) is 8.42 Å². The summed E-state index contributed by atoms with van der Waals surface area (Å²) < 4.78 is 35.4. The summed E-state index contributed by atoms with van der Waals surface area (Å²) in [6.45, 7) is 8.13. The zero-order valence-electron chi connectivity index (χ0n) is 16.3. The topological polar surface area (TPSA) is 46.6 Å². The lowest BCUT2D eigenvalue weighted by molar-refractivity contribution is -0.0968.